The van der Waals surface area contributed by atoms with E-state index in [0.29, 0.717) is 43.0 Å². The fourth-order valence-corrected chi connectivity index (χ4v) is 7.42. The van der Waals surface area contributed by atoms with Gasteiger partial charge in [0.1, 0.15) is 11.9 Å². The summed E-state index contributed by atoms with van der Waals surface area (Å²) in [6, 6.07) is 22.3. The van der Waals surface area contributed by atoms with Gasteiger partial charge in [0.05, 0.1) is 18.0 Å². The normalized spacial score (nSPS) is 18.8. The second-order valence-corrected chi connectivity index (χ2v) is 13.2. The number of likely N-dealkylation sites (tertiary alicyclic amines) is 1. The van der Waals surface area contributed by atoms with Crippen LogP contribution in [0.15, 0.2) is 67.2 Å². The fraction of sp³-hybridized carbons (Fsp3) is 0.359. The fourth-order valence-electron chi connectivity index (χ4n) is 7.42. The number of carbonyl (C=O) groups excluding carboxylic acids is 2. The molecule has 1 aliphatic carbocycles. The van der Waals surface area contributed by atoms with Crippen LogP contribution in [0.2, 0.25) is 0 Å². The molecule has 252 valence electrons. The third-order valence-corrected chi connectivity index (χ3v) is 10.1. The van der Waals surface area contributed by atoms with Crippen LogP contribution in [0.25, 0.3) is 17.1 Å². The maximum atomic E-state index is 13.3. The molecule has 4 N–H and O–H groups in total. The van der Waals surface area contributed by atoms with Gasteiger partial charge in [0.25, 0.3) is 5.91 Å². The number of benzene rings is 3. The molecule has 10 heteroatoms. The second-order valence-electron chi connectivity index (χ2n) is 13.2. The number of H-pyrrole nitrogens is 1. The lowest BCUT2D eigenvalue weighted by Crippen LogP contribution is -2.45. The van der Waals surface area contributed by atoms with Gasteiger partial charge in [0.15, 0.2) is 5.82 Å². The number of carbonyl (C=O) groups is 2. The predicted molar refractivity (Wildman–Crippen MR) is 191 cm³/mol. The van der Waals surface area contributed by atoms with Crippen LogP contribution in [0.5, 0.6) is 0 Å². The summed E-state index contributed by atoms with van der Waals surface area (Å²) >= 11 is 0. The van der Waals surface area contributed by atoms with Crippen molar-refractivity contribution >= 4 is 17.5 Å². The lowest BCUT2D eigenvalue weighted by atomic mass is 9.67. The highest BCUT2D eigenvalue weighted by Crippen LogP contribution is 2.47. The van der Waals surface area contributed by atoms with Gasteiger partial charge in [-0.15, -0.1) is 0 Å². The van der Waals surface area contributed by atoms with Crippen molar-refractivity contribution in [2.75, 3.05) is 27.2 Å². The van der Waals surface area contributed by atoms with Crippen molar-refractivity contribution in [3.05, 3.63) is 112 Å². The SMILES string of the molecule is C=C(NC)c1ccc2c(c1)CCc1cc(C(=O)NC)ccc1C2(C[C@H](C)NCC(=O)N1CCCC1C#N)c1nc(-c2ccc(C)cc2)n[nH]1. The number of hydrogen-bond acceptors (Lipinski definition) is 7. The van der Waals surface area contributed by atoms with E-state index in [2.05, 4.69) is 71.8 Å². The van der Waals surface area contributed by atoms with Crippen LogP contribution in [0, 0.1) is 18.3 Å². The number of nitrogens with zero attached hydrogens (tertiary/aromatic N) is 4. The molecule has 1 aliphatic heterocycles. The molecule has 3 aromatic carbocycles. The zero-order chi connectivity index (χ0) is 34.7. The lowest BCUT2D eigenvalue weighted by Gasteiger charge is -2.37. The number of fused-ring (bicyclic) bond motifs is 2. The molecule has 6 rings (SSSR count). The Labute approximate surface area is 288 Å². The standard InChI is InChI=1S/C39H44N8O2/c1-24-8-10-27(11-9-24)36-44-38(46-45-36)39(21-25(2)43-23-35(48)47-18-6-7-32(47)22-40)33-16-14-28(26(3)41-4)19-29(33)12-13-30-20-31(37(49)42-5)15-17-34(30)39/h8-11,14-17,19-20,25,32,41,43H,3,6-7,12-13,18,21,23H2,1-2,4-5H3,(H,42,49)(H,44,45,46)/t25-,32?,39?/m0/s1. The predicted octanol–water partition coefficient (Wildman–Crippen LogP) is 4.65. The zero-order valence-corrected chi connectivity index (χ0v) is 28.7. The Hall–Kier alpha value is -5.27. The molecule has 0 spiro atoms. The van der Waals surface area contributed by atoms with E-state index in [9.17, 15) is 14.9 Å². The molecule has 3 atom stereocenters. The van der Waals surface area contributed by atoms with Gasteiger partial charge in [-0.25, -0.2) is 4.98 Å². The average molecular weight is 657 g/mol. The van der Waals surface area contributed by atoms with Crippen molar-refractivity contribution in [2.24, 2.45) is 0 Å². The van der Waals surface area contributed by atoms with Crippen molar-refractivity contribution < 1.29 is 9.59 Å². The minimum atomic E-state index is -0.823. The van der Waals surface area contributed by atoms with E-state index in [4.69, 9.17) is 10.1 Å². The molecular formula is C39H44N8O2. The van der Waals surface area contributed by atoms with Crippen LogP contribution in [0.3, 0.4) is 0 Å². The van der Waals surface area contributed by atoms with Crippen molar-refractivity contribution in [1.82, 2.24) is 36.0 Å². The van der Waals surface area contributed by atoms with E-state index in [1.807, 2.05) is 43.4 Å². The molecule has 0 radical (unpaired) electrons. The molecule has 49 heavy (non-hydrogen) atoms. The second kappa shape index (κ2) is 14.1. The Bertz CT molecular complexity index is 1850. The summed E-state index contributed by atoms with van der Waals surface area (Å²) in [5, 5.41) is 27.1. The van der Waals surface area contributed by atoms with E-state index >= 15 is 0 Å². The molecule has 2 unspecified atom stereocenters. The molecule has 10 nitrogen and oxygen atoms in total. The number of aromatic amines is 1. The molecule has 0 bridgehead atoms. The van der Waals surface area contributed by atoms with Gasteiger partial charge in [-0.1, -0.05) is 54.6 Å². The van der Waals surface area contributed by atoms with Crippen molar-refractivity contribution in [1.29, 1.82) is 5.26 Å². The van der Waals surface area contributed by atoms with Gasteiger partial charge in [-0.2, -0.15) is 10.4 Å². The largest absolute Gasteiger partial charge is 0.388 e. The molecule has 4 aromatic rings. The number of rotatable bonds is 10. The van der Waals surface area contributed by atoms with Crippen LogP contribution < -0.4 is 16.0 Å². The van der Waals surface area contributed by atoms with E-state index in [0.717, 1.165) is 57.5 Å². The Morgan fingerprint density at radius 1 is 1.04 bits per heavy atom. The molecule has 2 amide bonds. The van der Waals surface area contributed by atoms with Gasteiger partial charge in [-0.3, -0.25) is 14.7 Å². The summed E-state index contributed by atoms with van der Waals surface area (Å²) in [5.41, 5.74) is 7.98. The third kappa shape index (κ3) is 6.46. The average Bonchev–Trinajstić information content (AvgIpc) is 3.80. The number of amides is 2. The van der Waals surface area contributed by atoms with Gasteiger partial charge in [0, 0.05) is 43.5 Å². The molecule has 1 aromatic heterocycles. The Morgan fingerprint density at radius 2 is 1.71 bits per heavy atom. The Morgan fingerprint density at radius 3 is 2.37 bits per heavy atom. The number of aryl methyl sites for hydroxylation is 3. The van der Waals surface area contributed by atoms with Crippen LogP contribution >= 0.6 is 0 Å². The molecule has 2 aliphatic rings. The van der Waals surface area contributed by atoms with E-state index in [-0.39, 0.29) is 30.4 Å². The summed E-state index contributed by atoms with van der Waals surface area (Å²) in [6.07, 6.45) is 3.55. The Kier molecular flexibility index (Phi) is 9.65. The van der Waals surface area contributed by atoms with E-state index in [1.165, 1.54) is 0 Å². The molecule has 1 saturated heterocycles. The number of nitrogens with one attached hydrogen (secondary N) is 4. The van der Waals surface area contributed by atoms with Crippen LogP contribution in [0.4, 0.5) is 0 Å². The van der Waals surface area contributed by atoms with Crippen molar-refractivity contribution in [2.45, 2.75) is 63.5 Å². The number of nitriles is 1. The monoisotopic (exact) mass is 656 g/mol. The first kappa shape index (κ1) is 33.6. The van der Waals surface area contributed by atoms with Crippen molar-refractivity contribution in [3.63, 3.8) is 0 Å². The first-order valence-electron chi connectivity index (χ1n) is 17.0. The highest BCUT2D eigenvalue weighted by Gasteiger charge is 2.45. The van der Waals surface area contributed by atoms with Crippen LogP contribution in [0.1, 0.15) is 75.7 Å². The van der Waals surface area contributed by atoms with Gasteiger partial charge >= 0.3 is 0 Å². The minimum Gasteiger partial charge on any atom is -0.388 e. The summed E-state index contributed by atoms with van der Waals surface area (Å²) in [5.74, 6) is 1.06. The minimum absolute atomic E-state index is 0.0709. The summed E-state index contributed by atoms with van der Waals surface area (Å²) in [4.78, 5) is 33.0. The highest BCUT2D eigenvalue weighted by molar-refractivity contribution is 5.94. The van der Waals surface area contributed by atoms with Gasteiger partial charge in [0.2, 0.25) is 5.91 Å². The molecule has 2 heterocycles. The summed E-state index contributed by atoms with van der Waals surface area (Å²) in [6.45, 7) is 9.07. The smallest absolute Gasteiger partial charge is 0.251 e. The maximum absolute atomic E-state index is 13.3. The number of hydrogen-bond donors (Lipinski definition) is 4. The zero-order valence-electron chi connectivity index (χ0n) is 28.7. The summed E-state index contributed by atoms with van der Waals surface area (Å²) in [7, 11) is 3.51. The number of aromatic nitrogens is 3. The van der Waals surface area contributed by atoms with Crippen LogP contribution in [-0.4, -0.2) is 71.2 Å². The first-order chi connectivity index (χ1) is 23.7. The summed E-state index contributed by atoms with van der Waals surface area (Å²) < 4.78 is 0. The van der Waals surface area contributed by atoms with Gasteiger partial charge in [-0.05, 0) is 92.0 Å². The first-order valence-corrected chi connectivity index (χ1v) is 17.0. The lowest BCUT2D eigenvalue weighted by molar-refractivity contribution is -0.130. The topological polar surface area (TPSA) is 139 Å². The van der Waals surface area contributed by atoms with Gasteiger partial charge < -0.3 is 20.9 Å². The third-order valence-electron chi connectivity index (χ3n) is 10.1. The Balaban J connectivity index is 1.50. The van der Waals surface area contributed by atoms with Crippen LogP contribution in [-0.2, 0) is 23.1 Å². The maximum Gasteiger partial charge on any atom is 0.251 e. The highest BCUT2D eigenvalue weighted by atomic mass is 16.2. The van der Waals surface area contributed by atoms with E-state index in [1.54, 1.807) is 11.9 Å². The molecule has 1 fully saturated rings. The quantitative estimate of drug-likeness (QED) is 0.195. The van der Waals surface area contributed by atoms with E-state index < -0.39 is 5.41 Å². The molecular weight excluding hydrogens is 612 g/mol. The van der Waals surface area contributed by atoms with Crippen molar-refractivity contribution in [3.8, 4) is 17.5 Å². The molecule has 0 saturated carbocycles.